The van der Waals surface area contributed by atoms with E-state index in [1.54, 1.807) is 0 Å². The molecular formula is C6H7F4NO3S. The fourth-order valence-electron chi connectivity index (χ4n) is 0.491. The lowest BCUT2D eigenvalue weighted by atomic mass is 10.4. The Labute approximate surface area is 83.6 Å². The summed E-state index contributed by atoms with van der Waals surface area (Å²) in [7, 11) is -5.72. The first-order chi connectivity index (χ1) is 6.56. The summed E-state index contributed by atoms with van der Waals surface area (Å²) in [6, 6.07) is 1.41. The van der Waals surface area contributed by atoms with Gasteiger partial charge >= 0.3 is 21.3 Å². The molecule has 0 aliphatic carbocycles. The fraction of sp³-hybridized carbons (Fsp3) is 0.833. The van der Waals surface area contributed by atoms with Crippen LogP contribution in [0.3, 0.4) is 0 Å². The normalized spacial score (nSPS) is 13.6. The van der Waals surface area contributed by atoms with Crippen LogP contribution in [0, 0.1) is 11.3 Å². The molecule has 0 bridgehead atoms. The van der Waals surface area contributed by atoms with Crippen molar-refractivity contribution in [2.45, 2.75) is 24.5 Å². The molecule has 0 radical (unpaired) electrons. The zero-order chi connectivity index (χ0) is 12.3. The molecule has 0 spiro atoms. The van der Waals surface area contributed by atoms with Crippen LogP contribution in [0.2, 0.25) is 0 Å². The highest BCUT2D eigenvalue weighted by Crippen LogP contribution is 2.39. The van der Waals surface area contributed by atoms with Crippen LogP contribution in [0.15, 0.2) is 0 Å². The van der Waals surface area contributed by atoms with Crippen LogP contribution < -0.4 is 0 Å². The van der Waals surface area contributed by atoms with E-state index in [-0.39, 0.29) is 6.92 Å². The number of halogens is 4. The average molecular weight is 249 g/mol. The second-order valence-corrected chi connectivity index (χ2v) is 4.25. The van der Waals surface area contributed by atoms with Crippen LogP contribution in [0.25, 0.3) is 0 Å². The lowest BCUT2D eigenvalue weighted by Crippen LogP contribution is -2.45. The third-order valence-electron chi connectivity index (χ3n) is 1.28. The molecule has 0 atom stereocenters. The Bertz CT molecular complexity index is 354. The molecular weight excluding hydrogens is 242 g/mol. The van der Waals surface area contributed by atoms with Gasteiger partial charge in [0, 0.05) is 6.92 Å². The van der Waals surface area contributed by atoms with E-state index in [0.717, 1.165) is 0 Å². The lowest BCUT2D eigenvalue weighted by molar-refractivity contribution is -0.148. The first-order valence-electron chi connectivity index (χ1n) is 3.58. The fourth-order valence-corrected chi connectivity index (χ4v) is 1.38. The number of nitriles is 1. The van der Waals surface area contributed by atoms with E-state index in [2.05, 4.69) is 4.18 Å². The quantitative estimate of drug-likeness (QED) is 0.420. The van der Waals surface area contributed by atoms with Gasteiger partial charge in [-0.3, -0.25) is 4.18 Å². The molecule has 0 saturated heterocycles. The van der Waals surface area contributed by atoms with Crippen LogP contribution in [0.4, 0.5) is 17.6 Å². The Morgan fingerprint density at radius 1 is 1.33 bits per heavy atom. The Morgan fingerprint density at radius 3 is 2.13 bits per heavy atom. The van der Waals surface area contributed by atoms with Crippen LogP contribution in [0.1, 0.15) is 13.3 Å². The van der Waals surface area contributed by atoms with Gasteiger partial charge < -0.3 is 0 Å². The first kappa shape index (κ1) is 14.1. The van der Waals surface area contributed by atoms with Crippen LogP contribution in [-0.2, 0) is 14.3 Å². The maximum Gasteiger partial charge on any atom is 0.431 e. The topological polar surface area (TPSA) is 67.2 Å². The summed E-state index contributed by atoms with van der Waals surface area (Å²) < 4.78 is 74.4. The van der Waals surface area contributed by atoms with Crippen molar-refractivity contribution < 1.29 is 30.2 Å². The highest BCUT2D eigenvalue weighted by atomic mass is 32.2. The second-order valence-electron chi connectivity index (χ2n) is 2.59. The molecule has 0 aromatic carbocycles. The van der Waals surface area contributed by atoms with Gasteiger partial charge in [0.05, 0.1) is 19.1 Å². The summed E-state index contributed by atoms with van der Waals surface area (Å²) in [5.41, 5.74) is 0. The Hall–Kier alpha value is -0.880. The lowest BCUT2D eigenvalue weighted by Gasteiger charge is -2.21. The molecule has 9 heteroatoms. The molecule has 0 amide bonds. The third kappa shape index (κ3) is 3.04. The summed E-state index contributed by atoms with van der Waals surface area (Å²) >= 11 is 0. The molecule has 0 saturated carbocycles. The van der Waals surface area contributed by atoms with Gasteiger partial charge in [-0.2, -0.15) is 31.2 Å². The van der Waals surface area contributed by atoms with E-state index in [9.17, 15) is 26.0 Å². The summed E-state index contributed by atoms with van der Waals surface area (Å²) in [6.45, 7) is -1.12. The van der Waals surface area contributed by atoms with Crippen molar-refractivity contribution in [2.75, 3.05) is 6.61 Å². The SMILES string of the molecule is CC(F)(F)C(F)(F)S(=O)(=O)OCCC#N. The standard InChI is InChI=1S/C6H7F4NO3S/c1-5(7,8)6(9,10)15(12,13)14-4-2-3-11/h2,4H2,1H3. The highest BCUT2D eigenvalue weighted by molar-refractivity contribution is 7.87. The second kappa shape index (κ2) is 4.32. The van der Waals surface area contributed by atoms with Gasteiger partial charge in [0.25, 0.3) is 0 Å². The van der Waals surface area contributed by atoms with Gasteiger partial charge in [-0.15, -0.1) is 0 Å². The number of rotatable bonds is 5. The molecule has 88 valence electrons. The average Bonchev–Trinajstić information content (AvgIpc) is 2.02. The Morgan fingerprint density at radius 2 is 1.80 bits per heavy atom. The van der Waals surface area contributed by atoms with E-state index >= 15 is 0 Å². The van der Waals surface area contributed by atoms with Gasteiger partial charge in [-0.05, 0) is 0 Å². The van der Waals surface area contributed by atoms with Crippen molar-refractivity contribution >= 4 is 10.1 Å². The Kier molecular flexibility index (Phi) is 4.07. The van der Waals surface area contributed by atoms with Crippen LogP contribution >= 0.6 is 0 Å². The highest BCUT2D eigenvalue weighted by Gasteiger charge is 2.63. The van der Waals surface area contributed by atoms with Crippen molar-refractivity contribution in [3.63, 3.8) is 0 Å². The van der Waals surface area contributed by atoms with E-state index in [1.807, 2.05) is 0 Å². The molecule has 0 N–H and O–H groups in total. The minimum atomic E-state index is -5.72. The maximum absolute atomic E-state index is 12.6. The van der Waals surface area contributed by atoms with Gasteiger partial charge in [-0.25, -0.2) is 0 Å². The van der Waals surface area contributed by atoms with Crippen molar-refractivity contribution in [1.29, 1.82) is 5.26 Å². The monoisotopic (exact) mass is 249 g/mol. The van der Waals surface area contributed by atoms with Gasteiger partial charge in [-0.1, -0.05) is 0 Å². The van der Waals surface area contributed by atoms with E-state index in [4.69, 9.17) is 5.26 Å². The third-order valence-corrected chi connectivity index (χ3v) is 2.74. The summed E-state index contributed by atoms with van der Waals surface area (Å²) in [4.78, 5) is 0. The van der Waals surface area contributed by atoms with Crippen molar-refractivity contribution in [3.05, 3.63) is 0 Å². The summed E-state index contributed by atoms with van der Waals surface area (Å²) in [5, 5.41) is 2.66. The van der Waals surface area contributed by atoms with Crippen LogP contribution in [0.5, 0.6) is 0 Å². The van der Waals surface area contributed by atoms with Gasteiger partial charge in [0.1, 0.15) is 0 Å². The molecule has 15 heavy (non-hydrogen) atoms. The molecule has 0 aromatic heterocycles. The predicted molar refractivity (Wildman–Crippen MR) is 40.7 cm³/mol. The number of nitrogens with zero attached hydrogens (tertiary/aromatic N) is 1. The smallest absolute Gasteiger partial charge is 0.264 e. The minimum absolute atomic E-state index is 0.238. The molecule has 0 aliphatic heterocycles. The largest absolute Gasteiger partial charge is 0.431 e. The molecule has 0 aromatic rings. The Balaban J connectivity index is 4.82. The van der Waals surface area contributed by atoms with Gasteiger partial charge in [0.15, 0.2) is 0 Å². The molecule has 4 nitrogen and oxygen atoms in total. The summed E-state index contributed by atoms with van der Waals surface area (Å²) in [6.07, 6.45) is -0.495. The zero-order valence-corrected chi connectivity index (χ0v) is 8.32. The maximum atomic E-state index is 12.6. The van der Waals surface area contributed by atoms with Crippen molar-refractivity contribution in [1.82, 2.24) is 0 Å². The van der Waals surface area contributed by atoms with Crippen molar-refractivity contribution in [3.8, 4) is 6.07 Å². The molecule has 0 fully saturated rings. The summed E-state index contributed by atoms with van der Waals surface area (Å²) in [5.74, 6) is -4.75. The first-order valence-corrected chi connectivity index (χ1v) is 4.98. The molecule has 0 rings (SSSR count). The number of alkyl halides is 4. The van der Waals surface area contributed by atoms with Gasteiger partial charge in [0.2, 0.25) is 0 Å². The van der Waals surface area contributed by atoms with E-state index < -0.39 is 34.3 Å². The van der Waals surface area contributed by atoms with Crippen molar-refractivity contribution in [2.24, 2.45) is 0 Å². The number of hydrogen-bond donors (Lipinski definition) is 0. The molecule has 0 unspecified atom stereocenters. The zero-order valence-electron chi connectivity index (χ0n) is 7.51. The molecule has 0 heterocycles. The van der Waals surface area contributed by atoms with E-state index in [0.29, 0.717) is 0 Å². The minimum Gasteiger partial charge on any atom is -0.264 e. The van der Waals surface area contributed by atoms with Crippen LogP contribution in [-0.4, -0.2) is 26.2 Å². The predicted octanol–water partition coefficient (Wildman–Crippen LogP) is 1.49. The number of hydrogen-bond acceptors (Lipinski definition) is 4. The molecule has 0 aliphatic rings. The van der Waals surface area contributed by atoms with E-state index in [1.165, 1.54) is 6.07 Å².